The number of nitro benzene ring substituents is 1. The Labute approximate surface area is 115 Å². The molecule has 0 aromatic heterocycles. The molecule has 2 aromatic rings. The summed E-state index contributed by atoms with van der Waals surface area (Å²) in [5.74, 6) is 0. The fourth-order valence-electron chi connectivity index (χ4n) is 1.77. The van der Waals surface area contributed by atoms with E-state index in [-0.39, 0.29) is 5.69 Å². The number of anilines is 1. The van der Waals surface area contributed by atoms with E-state index in [0.29, 0.717) is 5.69 Å². The fraction of sp³-hybridized carbons (Fsp3) is 0.143. The average molecular weight is 274 g/mol. The number of aryl methyl sites for hydroxylation is 2. The van der Waals surface area contributed by atoms with Gasteiger partial charge in [-0.1, -0.05) is 29.5 Å². The Morgan fingerprint density at radius 1 is 1.11 bits per heavy atom. The number of benzene rings is 2. The van der Waals surface area contributed by atoms with E-state index in [2.05, 4.69) is 6.07 Å². The molecule has 0 fully saturated rings. The molecule has 2 rings (SSSR count). The maximum atomic E-state index is 10.7. The first kappa shape index (κ1) is 13.4. The van der Waals surface area contributed by atoms with E-state index in [1.165, 1.54) is 35.0 Å². The van der Waals surface area contributed by atoms with Gasteiger partial charge in [0, 0.05) is 21.9 Å². The number of nitro groups is 1. The van der Waals surface area contributed by atoms with E-state index in [1.807, 2.05) is 26.0 Å². The lowest BCUT2D eigenvalue weighted by molar-refractivity contribution is -0.384. The molecule has 0 atom stereocenters. The van der Waals surface area contributed by atoms with Crippen LogP contribution in [0.15, 0.2) is 46.2 Å². The number of nitrogen functional groups attached to an aromatic ring is 1. The maximum absolute atomic E-state index is 10.7. The molecular formula is C14H14N2O2S. The second-order valence-corrected chi connectivity index (χ2v) is 5.43. The summed E-state index contributed by atoms with van der Waals surface area (Å²) in [5.41, 5.74) is 8.68. The molecule has 0 aliphatic heterocycles. The Kier molecular flexibility index (Phi) is 3.76. The van der Waals surface area contributed by atoms with Crippen LogP contribution in [0.25, 0.3) is 0 Å². The maximum Gasteiger partial charge on any atom is 0.271 e. The summed E-state index contributed by atoms with van der Waals surface area (Å²) in [6, 6.07) is 10.7. The van der Waals surface area contributed by atoms with Gasteiger partial charge in [0.05, 0.1) is 10.6 Å². The number of nitrogens with zero attached hydrogens (tertiary/aromatic N) is 1. The minimum absolute atomic E-state index is 0.0162. The molecule has 0 bridgehead atoms. The minimum Gasteiger partial charge on any atom is -0.398 e. The van der Waals surface area contributed by atoms with Crippen molar-refractivity contribution in [3.63, 3.8) is 0 Å². The molecule has 0 spiro atoms. The zero-order chi connectivity index (χ0) is 14.0. The smallest absolute Gasteiger partial charge is 0.271 e. The minimum atomic E-state index is -0.443. The molecule has 2 N–H and O–H groups in total. The van der Waals surface area contributed by atoms with Crippen LogP contribution >= 0.6 is 11.8 Å². The molecule has 0 aliphatic carbocycles. The van der Waals surface area contributed by atoms with Crippen LogP contribution in [-0.4, -0.2) is 4.92 Å². The lowest BCUT2D eigenvalue weighted by atomic mass is 10.2. The number of rotatable bonds is 3. The first-order valence-electron chi connectivity index (χ1n) is 5.76. The topological polar surface area (TPSA) is 69.2 Å². The van der Waals surface area contributed by atoms with E-state index in [1.54, 1.807) is 6.07 Å². The molecule has 98 valence electrons. The molecular weight excluding hydrogens is 260 g/mol. The molecule has 0 heterocycles. The van der Waals surface area contributed by atoms with Crippen molar-refractivity contribution in [3.8, 4) is 0 Å². The molecule has 0 radical (unpaired) electrons. The lowest BCUT2D eigenvalue weighted by Gasteiger charge is -2.08. The van der Waals surface area contributed by atoms with Crippen LogP contribution in [0, 0.1) is 24.0 Å². The Morgan fingerprint density at radius 2 is 1.79 bits per heavy atom. The fourth-order valence-corrected chi connectivity index (χ4v) is 2.68. The normalized spacial score (nSPS) is 10.4. The van der Waals surface area contributed by atoms with Crippen molar-refractivity contribution in [2.45, 2.75) is 23.6 Å². The van der Waals surface area contributed by atoms with Crippen molar-refractivity contribution >= 4 is 23.1 Å². The highest BCUT2D eigenvalue weighted by Gasteiger charge is 2.10. The molecule has 2 aromatic carbocycles. The van der Waals surface area contributed by atoms with Gasteiger partial charge in [-0.15, -0.1) is 0 Å². The predicted molar refractivity (Wildman–Crippen MR) is 77.5 cm³/mol. The largest absolute Gasteiger partial charge is 0.398 e. The summed E-state index contributed by atoms with van der Waals surface area (Å²) in [7, 11) is 0. The Hall–Kier alpha value is -2.01. The van der Waals surface area contributed by atoms with Gasteiger partial charge in [0.1, 0.15) is 0 Å². The zero-order valence-electron chi connectivity index (χ0n) is 10.7. The number of hydrogen-bond donors (Lipinski definition) is 1. The molecule has 0 aliphatic rings. The Balaban J connectivity index is 2.31. The van der Waals surface area contributed by atoms with Gasteiger partial charge in [0.15, 0.2) is 0 Å². The van der Waals surface area contributed by atoms with Crippen molar-refractivity contribution in [2.24, 2.45) is 0 Å². The summed E-state index contributed by atoms with van der Waals surface area (Å²) < 4.78 is 0. The van der Waals surface area contributed by atoms with Crippen LogP contribution in [0.5, 0.6) is 0 Å². The van der Waals surface area contributed by atoms with Crippen LogP contribution in [0.1, 0.15) is 11.1 Å². The molecule has 0 unspecified atom stereocenters. The van der Waals surface area contributed by atoms with E-state index in [4.69, 9.17) is 5.73 Å². The first-order valence-corrected chi connectivity index (χ1v) is 6.58. The molecule has 0 saturated carbocycles. The Morgan fingerprint density at radius 3 is 2.37 bits per heavy atom. The standard InChI is InChI=1S/C14H14N2O2S/c1-9-3-5-13(10(2)7-9)19-14-6-4-11(16(17)18)8-12(14)15/h3-8H,15H2,1-2H3. The number of non-ortho nitro benzene ring substituents is 1. The Bertz CT molecular complexity index is 641. The van der Waals surface area contributed by atoms with Gasteiger partial charge in [-0.25, -0.2) is 0 Å². The second-order valence-electron chi connectivity index (χ2n) is 4.35. The van der Waals surface area contributed by atoms with Crippen molar-refractivity contribution < 1.29 is 4.92 Å². The third-order valence-electron chi connectivity index (χ3n) is 2.75. The van der Waals surface area contributed by atoms with E-state index in [9.17, 15) is 10.1 Å². The third kappa shape index (κ3) is 3.06. The average Bonchev–Trinajstić information content (AvgIpc) is 2.34. The highest BCUT2D eigenvalue weighted by Crippen LogP contribution is 2.35. The van der Waals surface area contributed by atoms with Gasteiger partial charge in [-0.3, -0.25) is 10.1 Å². The van der Waals surface area contributed by atoms with Crippen LogP contribution in [0.4, 0.5) is 11.4 Å². The highest BCUT2D eigenvalue weighted by molar-refractivity contribution is 7.99. The van der Waals surface area contributed by atoms with E-state index < -0.39 is 4.92 Å². The van der Waals surface area contributed by atoms with E-state index >= 15 is 0 Å². The lowest BCUT2D eigenvalue weighted by Crippen LogP contribution is -1.93. The van der Waals surface area contributed by atoms with Crippen molar-refractivity contribution in [2.75, 3.05) is 5.73 Å². The SMILES string of the molecule is Cc1ccc(Sc2ccc([N+](=O)[O-])cc2N)c(C)c1. The summed E-state index contributed by atoms with van der Waals surface area (Å²) in [6.07, 6.45) is 0. The van der Waals surface area contributed by atoms with Crippen molar-refractivity contribution in [1.29, 1.82) is 0 Å². The first-order chi connectivity index (χ1) is 8.97. The molecule has 4 nitrogen and oxygen atoms in total. The van der Waals surface area contributed by atoms with Gasteiger partial charge < -0.3 is 5.73 Å². The molecule has 19 heavy (non-hydrogen) atoms. The number of hydrogen-bond acceptors (Lipinski definition) is 4. The van der Waals surface area contributed by atoms with Gasteiger partial charge in [0.25, 0.3) is 5.69 Å². The second kappa shape index (κ2) is 5.32. The van der Waals surface area contributed by atoms with Crippen LogP contribution in [0.2, 0.25) is 0 Å². The third-order valence-corrected chi connectivity index (χ3v) is 4.02. The number of nitrogens with two attached hydrogens (primary N) is 1. The quantitative estimate of drug-likeness (QED) is 0.523. The molecule has 0 saturated heterocycles. The monoisotopic (exact) mass is 274 g/mol. The summed E-state index contributed by atoms with van der Waals surface area (Å²) in [5, 5.41) is 10.7. The van der Waals surface area contributed by atoms with Crippen LogP contribution in [0.3, 0.4) is 0 Å². The predicted octanol–water partition coefficient (Wildman–Crippen LogP) is 3.95. The summed E-state index contributed by atoms with van der Waals surface area (Å²) in [6.45, 7) is 4.08. The van der Waals surface area contributed by atoms with Gasteiger partial charge in [-0.05, 0) is 31.5 Å². The van der Waals surface area contributed by atoms with Crippen LogP contribution in [-0.2, 0) is 0 Å². The molecule has 5 heteroatoms. The highest BCUT2D eigenvalue weighted by atomic mass is 32.2. The molecule has 0 amide bonds. The summed E-state index contributed by atoms with van der Waals surface area (Å²) >= 11 is 1.52. The van der Waals surface area contributed by atoms with Gasteiger partial charge in [-0.2, -0.15) is 0 Å². The zero-order valence-corrected chi connectivity index (χ0v) is 11.5. The van der Waals surface area contributed by atoms with Gasteiger partial charge in [0.2, 0.25) is 0 Å². The van der Waals surface area contributed by atoms with Gasteiger partial charge >= 0.3 is 0 Å². The van der Waals surface area contributed by atoms with E-state index in [0.717, 1.165) is 9.79 Å². The van der Waals surface area contributed by atoms with Crippen molar-refractivity contribution in [1.82, 2.24) is 0 Å². The van der Waals surface area contributed by atoms with Crippen LogP contribution < -0.4 is 5.73 Å². The van der Waals surface area contributed by atoms with Crippen molar-refractivity contribution in [3.05, 3.63) is 57.6 Å². The summed E-state index contributed by atoms with van der Waals surface area (Å²) in [4.78, 5) is 12.1.